The van der Waals surface area contributed by atoms with E-state index in [1.54, 1.807) is 0 Å². The average molecular weight is 411 g/mol. The molecule has 0 saturated carbocycles. The fourth-order valence-corrected chi connectivity index (χ4v) is 3.53. The van der Waals surface area contributed by atoms with Crippen LogP contribution in [0.1, 0.15) is 20.7 Å². The Bertz CT molecular complexity index is 1140. The van der Waals surface area contributed by atoms with Crippen molar-refractivity contribution in [3.05, 3.63) is 56.4 Å². The van der Waals surface area contributed by atoms with Crippen LogP contribution in [-0.4, -0.2) is 43.7 Å². The third-order valence-electron chi connectivity index (χ3n) is 3.73. The number of ether oxygens (including phenoxy) is 2. The maximum atomic E-state index is 12.7. The highest BCUT2D eigenvalue weighted by Crippen LogP contribution is 2.19. The van der Waals surface area contributed by atoms with Crippen LogP contribution in [0.4, 0.5) is 5.69 Å². The Kier molecular flexibility index (Phi) is 5.73. The van der Waals surface area contributed by atoms with Gasteiger partial charge < -0.3 is 14.0 Å². The Morgan fingerprint density at radius 3 is 1.93 bits per heavy atom. The molecule has 28 heavy (non-hydrogen) atoms. The summed E-state index contributed by atoms with van der Waals surface area (Å²) in [6.07, 6.45) is 0.873. The average Bonchev–Trinajstić information content (AvgIpc) is 2.66. The zero-order valence-corrected chi connectivity index (χ0v) is 16.2. The van der Waals surface area contributed by atoms with Gasteiger partial charge in [0.1, 0.15) is 0 Å². The molecule has 0 aliphatic carbocycles. The van der Waals surface area contributed by atoms with Crippen LogP contribution in [0, 0.1) is 0 Å². The fourth-order valence-electron chi connectivity index (χ4n) is 2.33. The van der Waals surface area contributed by atoms with E-state index in [1.807, 2.05) is 0 Å². The number of benzene rings is 1. The highest BCUT2D eigenvalue weighted by Gasteiger charge is 2.23. The molecule has 1 aromatic heterocycles. The largest absolute Gasteiger partial charge is 0.465 e. The summed E-state index contributed by atoms with van der Waals surface area (Å²) in [5, 5.41) is 0. The molecule has 1 N–H and O–H groups in total. The van der Waals surface area contributed by atoms with Gasteiger partial charge in [-0.15, -0.1) is 0 Å². The summed E-state index contributed by atoms with van der Waals surface area (Å²) in [5.41, 5.74) is -2.15. The Labute approximate surface area is 159 Å². The lowest BCUT2D eigenvalue weighted by atomic mass is 10.1. The summed E-state index contributed by atoms with van der Waals surface area (Å²) in [6.45, 7) is 0. The number of aryl methyl sites for hydroxylation is 1. The van der Waals surface area contributed by atoms with Crippen LogP contribution in [0.25, 0.3) is 0 Å². The number of carbonyl (C=O) groups excluding carboxylic acids is 2. The standard InChI is InChI=1S/C16H17N3O8S/c1-18-8-12(13(20)19(2)16(18)23)28(24,25)17-11-6-9(14(21)26-3)5-10(7-11)15(22)27-4/h5-8,17H,1-4H3. The van der Waals surface area contributed by atoms with Crippen LogP contribution in [-0.2, 0) is 33.6 Å². The molecule has 0 atom stereocenters. The number of rotatable bonds is 5. The Balaban J connectivity index is 2.61. The Morgan fingerprint density at radius 2 is 1.46 bits per heavy atom. The van der Waals surface area contributed by atoms with E-state index >= 15 is 0 Å². The maximum absolute atomic E-state index is 12.7. The summed E-state index contributed by atoms with van der Waals surface area (Å²) in [6, 6.07) is 3.42. The van der Waals surface area contributed by atoms with Crippen molar-refractivity contribution in [1.29, 1.82) is 0 Å². The van der Waals surface area contributed by atoms with Gasteiger partial charge in [-0.3, -0.25) is 14.1 Å². The predicted molar refractivity (Wildman–Crippen MR) is 96.9 cm³/mol. The molecular formula is C16H17N3O8S. The van der Waals surface area contributed by atoms with E-state index in [1.165, 1.54) is 13.1 Å². The van der Waals surface area contributed by atoms with E-state index < -0.39 is 38.1 Å². The van der Waals surface area contributed by atoms with Crippen molar-refractivity contribution in [2.24, 2.45) is 14.1 Å². The molecular weight excluding hydrogens is 394 g/mol. The molecule has 2 aromatic rings. The molecule has 0 unspecified atom stereocenters. The molecule has 0 fully saturated rings. The van der Waals surface area contributed by atoms with E-state index in [2.05, 4.69) is 14.2 Å². The number of carbonyl (C=O) groups is 2. The van der Waals surface area contributed by atoms with Crippen LogP contribution < -0.4 is 16.0 Å². The van der Waals surface area contributed by atoms with E-state index in [9.17, 15) is 27.6 Å². The summed E-state index contributed by atoms with van der Waals surface area (Å²) < 4.78 is 38.2. The first-order chi connectivity index (χ1) is 13.0. The molecule has 11 nitrogen and oxygen atoms in total. The van der Waals surface area contributed by atoms with Crippen molar-refractivity contribution in [1.82, 2.24) is 9.13 Å². The lowest BCUT2D eigenvalue weighted by Crippen LogP contribution is -2.40. The van der Waals surface area contributed by atoms with Crippen molar-refractivity contribution in [2.45, 2.75) is 4.90 Å². The molecule has 0 spiro atoms. The lowest BCUT2D eigenvalue weighted by molar-refractivity contribution is 0.0599. The van der Waals surface area contributed by atoms with Crippen LogP contribution in [0.5, 0.6) is 0 Å². The zero-order valence-electron chi connectivity index (χ0n) is 15.4. The SMILES string of the molecule is COC(=O)c1cc(NS(=O)(=O)c2cn(C)c(=O)n(C)c2=O)cc(C(=O)OC)c1. The molecule has 1 aromatic carbocycles. The molecule has 150 valence electrons. The number of methoxy groups -OCH3 is 2. The summed E-state index contributed by atoms with van der Waals surface area (Å²) in [7, 11) is 0.203. The highest BCUT2D eigenvalue weighted by atomic mass is 32.2. The number of nitrogens with zero attached hydrogens (tertiary/aromatic N) is 2. The Hall–Kier alpha value is -3.41. The van der Waals surface area contributed by atoms with Crippen LogP contribution in [0.15, 0.2) is 38.9 Å². The summed E-state index contributed by atoms with van der Waals surface area (Å²) in [5.74, 6) is -1.63. The summed E-state index contributed by atoms with van der Waals surface area (Å²) in [4.78, 5) is 46.9. The van der Waals surface area contributed by atoms with Gasteiger partial charge in [0.15, 0.2) is 4.90 Å². The minimum atomic E-state index is -4.45. The number of hydrogen-bond donors (Lipinski definition) is 1. The topological polar surface area (TPSA) is 143 Å². The van der Waals surface area contributed by atoms with Gasteiger partial charge in [0.25, 0.3) is 15.6 Å². The predicted octanol–water partition coefficient (Wildman–Crippen LogP) is -0.542. The smallest absolute Gasteiger partial charge is 0.337 e. The van der Waals surface area contributed by atoms with Gasteiger partial charge in [0.2, 0.25) is 0 Å². The van der Waals surface area contributed by atoms with Crippen LogP contribution >= 0.6 is 0 Å². The van der Waals surface area contributed by atoms with Crippen LogP contribution in [0.2, 0.25) is 0 Å². The quantitative estimate of drug-likeness (QED) is 0.646. The molecule has 0 radical (unpaired) electrons. The van der Waals surface area contributed by atoms with Gasteiger partial charge >= 0.3 is 17.6 Å². The number of anilines is 1. The third-order valence-corrected chi connectivity index (χ3v) is 5.10. The van der Waals surface area contributed by atoms with Gasteiger partial charge in [0, 0.05) is 20.3 Å². The van der Waals surface area contributed by atoms with E-state index in [0.29, 0.717) is 4.57 Å². The molecule has 2 rings (SSSR count). The second kappa shape index (κ2) is 7.68. The van der Waals surface area contributed by atoms with Gasteiger partial charge in [0.05, 0.1) is 31.0 Å². The second-order valence-corrected chi connectivity index (χ2v) is 7.29. The number of esters is 2. The normalized spacial score (nSPS) is 11.0. The first kappa shape index (κ1) is 20.9. The number of hydrogen-bond acceptors (Lipinski definition) is 8. The molecule has 0 amide bonds. The van der Waals surface area contributed by atoms with Crippen molar-refractivity contribution in [3.63, 3.8) is 0 Å². The molecule has 12 heteroatoms. The monoisotopic (exact) mass is 411 g/mol. The zero-order chi connectivity index (χ0) is 21.2. The number of nitrogens with one attached hydrogen (secondary N) is 1. The highest BCUT2D eigenvalue weighted by molar-refractivity contribution is 7.92. The van der Waals surface area contributed by atoms with Gasteiger partial charge in [-0.25, -0.2) is 22.8 Å². The first-order valence-corrected chi connectivity index (χ1v) is 9.11. The minimum Gasteiger partial charge on any atom is -0.465 e. The van der Waals surface area contributed by atoms with Crippen molar-refractivity contribution in [2.75, 3.05) is 18.9 Å². The van der Waals surface area contributed by atoms with Crippen molar-refractivity contribution in [3.8, 4) is 0 Å². The van der Waals surface area contributed by atoms with Gasteiger partial charge in [-0.1, -0.05) is 0 Å². The Morgan fingerprint density at radius 1 is 0.964 bits per heavy atom. The first-order valence-electron chi connectivity index (χ1n) is 7.63. The minimum absolute atomic E-state index is 0.114. The van der Waals surface area contributed by atoms with E-state index in [4.69, 9.17) is 0 Å². The summed E-state index contributed by atoms with van der Waals surface area (Å²) >= 11 is 0. The van der Waals surface area contributed by atoms with Crippen molar-refractivity contribution >= 4 is 27.6 Å². The molecule has 0 aliphatic rings. The fraction of sp³-hybridized carbons (Fsp3) is 0.250. The molecule has 0 saturated heterocycles. The van der Waals surface area contributed by atoms with Gasteiger partial charge in [-0.05, 0) is 18.2 Å². The number of sulfonamides is 1. The number of aromatic nitrogens is 2. The molecule has 0 bridgehead atoms. The maximum Gasteiger partial charge on any atom is 0.337 e. The second-order valence-electron chi connectivity index (χ2n) is 5.64. The third kappa shape index (κ3) is 3.96. The molecule has 1 heterocycles. The van der Waals surface area contributed by atoms with Gasteiger partial charge in [-0.2, -0.15) is 0 Å². The molecule has 0 aliphatic heterocycles. The van der Waals surface area contributed by atoms with E-state index in [-0.39, 0.29) is 16.8 Å². The van der Waals surface area contributed by atoms with Crippen LogP contribution in [0.3, 0.4) is 0 Å². The lowest BCUT2D eigenvalue weighted by Gasteiger charge is -2.12. The van der Waals surface area contributed by atoms with Crippen molar-refractivity contribution < 1.29 is 27.5 Å². The van der Waals surface area contributed by atoms with E-state index in [0.717, 1.165) is 44.2 Å².